The second-order valence-corrected chi connectivity index (χ2v) is 17.1. The zero-order valence-corrected chi connectivity index (χ0v) is 38.1. The van der Waals surface area contributed by atoms with E-state index in [2.05, 4.69) is 98.9 Å². The Labute approximate surface area is 354 Å². The summed E-state index contributed by atoms with van der Waals surface area (Å²) in [6, 6.07) is 0. The number of unbranched alkanes of at least 4 members (excludes halogenated alkanes) is 11. The Morgan fingerprint density at radius 2 is 0.983 bits per heavy atom. The molecule has 9 nitrogen and oxygen atoms in total. The fourth-order valence-electron chi connectivity index (χ4n) is 5.42. The maximum Gasteiger partial charge on any atom is 0.472 e. The first-order valence-corrected chi connectivity index (χ1v) is 23.8. The second kappa shape index (κ2) is 39.6. The maximum atomic E-state index is 12.7. The topological polar surface area (TPSA) is 108 Å². The summed E-state index contributed by atoms with van der Waals surface area (Å²) < 4.78 is 34.3. The Morgan fingerprint density at radius 1 is 0.552 bits per heavy atom. The van der Waals surface area contributed by atoms with Gasteiger partial charge in [0, 0.05) is 12.8 Å². The molecule has 332 valence electrons. The molecule has 10 heteroatoms. The second-order valence-electron chi connectivity index (χ2n) is 15.7. The Hall–Kier alpha value is -2.81. The number of rotatable bonds is 39. The van der Waals surface area contributed by atoms with E-state index in [0.29, 0.717) is 23.9 Å². The van der Waals surface area contributed by atoms with Crippen LogP contribution < -0.4 is 0 Å². The molecule has 0 aromatic carbocycles. The summed E-state index contributed by atoms with van der Waals surface area (Å²) in [6.07, 6.45) is 50.6. The minimum atomic E-state index is -4.39. The number of likely N-dealkylation sites (N-methyl/N-ethyl adjacent to an activating group) is 1. The number of allylic oxidation sites excluding steroid dienone is 14. The first-order chi connectivity index (χ1) is 28.0. The van der Waals surface area contributed by atoms with Gasteiger partial charge in [-0.2, -0.15) is 0 Å². The molecule has 0 bridgehead atoms. The Bertz CT molecular complexity index is 1260. The zero-order valence-electron chi connectivity index (χ0n) is 37.2. The van der Waals surface area contributed by atoms with Gasteiger partial charge in [-0.15, -0.1) is 0 Å². The highest BCUT2D eigenvalue weighted by Crippen LogP contribution is 2.43. The van der Waals surface area contributed by atoms with Crippen LogP contribution in [0.2, 0.25) is 0 Å². The third kappa shape index (κ3) is 42.8. The van der Waals surface area contributed by atoms with Crippen LogP contribution in [0.25, 0.3) is 0 Å². The zero-order chi connectivity index (χ0) is 42.8. The molecule has 0 aromatic heterocycles. The lowest BCUT2D eigenvalue weighted by atomic mass is 10.1. The molecule has 58 heavy (non-hydrogen) atoms. The van der Waals surface area contributed by atoms with Crippen molar-refractivity contribution in [2.75, 3.05) is 47.5 Å². The fraction of sp³-hybridized carbons (Fsp3) is 0.667. The number of ether oxygens (including phenoxy) is 2. The van der Waals surface area contributed by atoms with Crippen molar-refractivity contribution in [2.45, 2.75) is 161 Å². The van der Waals surface area contributed by atoms with Crippen molar-refractivity contribution < 1.29 is 42.1 Å². The SMILES string of the molecule is CC/C=C/C/C=C/C/C=C/CCCCCCCC(=O)OC[C@H](COP(=O)(O)OCC[N+](C)(C)C)OC(=O)CCCCC/C=C/C/C=C/C/C=C/C/C=C/CCCCC. The molecule has 0 saturated carbocycles. The summed E-state index contributed by atoms with van der Waals surface area (Å²) >= 11 is 0. The molecule has 0 fully saturated rings. The largest absolute Gasteiger partial charge is 0.472 e. The molecule has 0 aliphatic heterocycles. The third-order valence-corrected chi connectivity index (χ3v) is 9.89. The number of hydrogen-bond donors (Lipinski definition) is 1. The van der Waals surface area contributed by atoms with Crippen LogP contribution in [0, 0.1) is 0 Å². The van der Waals surface area contributed by atoms with Gasteiger partial charge in [0.25, 0.3) is 0 Å². The van der Waals surface area contributed by atoms with E-state index in [-0.39, 0.29) is 26.1 Å². The van der Waals surface area contributed by atoms with Gasteiger partial charge in [0.2, 0.25) is 0 Å². The van der Waals surface area contributed by atoms with Crippen LogP contribution in [0.4, 0.5) is 0 Å². The monoisotopic (exact) mass is 833 g/mol. The van der Waals surface area contributed by atoms with E-state index in [1.807, 2.05) is 21.1 Å². The van der Waals surface area contributed by atoms with Crippen molar-refractivity contribution in [3.8, 4) is 0 Å². The molecule has 0 radical (unpaired) electrons. The quantitative estimate of drug-likeness (QED) is 0.0214. The van der Waals surface area contributed by atoms with Crippen molar-refractivity contribution in [1.29, 1.82) is 0 Å². The molecule has 0 amide bonds. The minimum Gasteiger partial charge on any atom is -0.462 e. The van der Waals surface area contributed by atoms with Crippen molar-refractivity contribution in [1.82, 2.24) is 0 Å². The summed E-state index contributed by atoms with van der Waals surface area (Å²) in [7, 11) is 1.43. The first kappa shape index (κ1) is 55.2. The lowest BCUT2D eigenvalue weighted by Gasteiger charge is -2.24. The van der Waals surface area contributed by atoms with Crippen molar-refractivity contribution in [3.63, 3.8) is 0 Å². The molecule has 2 atom stereocenters. The van der Waals surface area contributed by atoms with E-state index in [0.717, 1.165) is 89.9 Å². The average Bonchev–Trinajstić information content (AvgIpc) is 3.17. The summed E-state index contributed by atoms with van der Waals surface area (Å²) in [5.74, 6) is -0.863. The number of nitrogens with zero attached hydrogens (tertiary/aromatic N) is 1. The van der Waals surface area contributed by atoms with E-state index < -0.39 is 32.5 Å². The molecule has 1 N–H and O–H groups in total. The smallest absolute Gasteiger partial charge is 0.462 e. The number of carbonyl (C=O) groups excluding carboxylic acids is 2. The number of quaternary nitrogens is 1. The van der Waals surface area contributed by atoms with Crippen molar-refractivity contribution in [2.24, 2.45) is 0 Å². The minimum absolute atomic E-state index is 0.0174. The molecule has 0 saturated heterocycles. The van der Waals surface area contributed by atoms with E-state index in [9.17, 15) is 19.0 Å². The summed E-state index contributed by atoms with van der Waals surface area (Å²) in [4.78, 5) is 35.4. The summed E-state index contributed by atoms with van der Waals surface area (Å²) in [5, 5.41) is 0. The third-order valence-electron chi connectivity index (χ3n) is 8.91. The molecular formula is C48H83NO8P+. The van der Waals surface area contributed by atoms with Gasteiger partial charge in [-0.3, -0.25) is 18.6 Å². The Kier molecular flexibility index (Phi) is 37.7. The number of phosphoric ester groups is 1. The van der Waals surface area contributed by atoms with Gasteiger partial charge in [-0.25, -0.2) is 4.57 Å². The molecule has 0 aliphatic carbocycles. The lowest BCUT2D eigenvalue weighted by molar-refractivity contribution is -0.870. The van der Waals surface area contributed by atoms with Gasteiger partial charge in [0.05, 0.1) is 27.7 Å². The molecule has 0 aliphatic rings. The summed E-state index contributed by atoms with van der Waals surface area (Å²) in [5.41, 5.74) is 0. The van der Waals surface area contributed by atoms with E-state index in [1.165, 1.54) is 25.7 Å². The van der Waals surface area contributed by atoms with Gasteiger partial charge in [-0.1, -0.05) is 137 Å². The maximum absolute atomic E-state index is 12.7. The fourth-order valence-corrected chi connectivity index (χ4v) is 6.16. The molecule has 1 unspecified atom stereocenters. The van der Waals surface area contributed by atoms with Gasteiger partial charge in [0.1, 0.15) is 19.8 Å². The number of phosphoric acid groups is 1. The summed E-state index contributed by atoms with van der Waals surface area (Å²) in [6.45, 7) is 4.20. The van der Waals surface area contributed by atoms with E-state index >= 15 is 0 Å². The van der Waals surface area contributed by atoms with Gasteiger partial charge in [0.15, 0.2) is 6.10 Å². The highest BCUT2D eigenvalue weighted by atomic mass is 31.2. The molecular weight excluding hydrogens is 750 g/mol. The van der Waals surface area contributed by atoms with Crippen LogP contribution in [-0.4, -0.2) is 74.9 Å². The average molecular weight is 833 g/mol. The van der Waals surface area contributed by atoms with E-state index in [4.69, 9.17) is 18.5 Å². The van der Waals surface area contributed by atoms with Crippen LogP contribution in [-0.2, 0) is 32.7 Å². The van der Waals surface area contributed by atoms with Crippen LogP contribution in [0.15, 0.2) is 85.1 Å². The van der Waals surface area contributed by atoms with Crippen LogP contribution in [0.3, 0.4) is 0 Å². The van der Waals surface area contributed by atoms with Gasteiger partial charge in [-0.05, 0) is 89.9 Å². The number of carbonyl (C=O) groups is 2. The molecule has 0 rings (SSSR count). The van der Waals surface area contributed by atoms with Gasteiger partial charge < -0.3 is 18.9 Å². The highest BCUT2D eigenvalue weighted by molar-refractivity contribution is 7.47. The van der Waals surface area contributed by atoms with Gasteiger partial charge >= 0.3 is 19.8 Å². The number of esters is 2. The molecule has 0 aromatic rings. The van der Waals surface area contributed by atoms with Crippen molar-refractivity contribution >= 4 is 19.8 Å². The molecule has 0 spiro atoms. The van der Waals surface area contributed by atoms with Crippen molar-refractivity contribution in [3.05, 3.63) is 85.1 Å². The normalized spacial score (nSPS) is 14.4. The first-order valence-electron chi connectivity index (χ1n) is 22.3. The standard InChI is InChI=1S/C48H82NO8P/c1-6-8-10-12-14-16-18-20-22-23-24-25-27-29-31-33-35-37-39-41-48(51)57-46(45-56-58(52,53)55-43-42-49(3,4)5)44-54-47(50)40-38-36-34-32-30-28-26-21-19-17-15-13-11-9-7-2/h9,11,14-17,20-22,24-26,29,31,46H,6-8,10,12-13,18-19,23,27-28,30,32-45H2,1-5H3/p+1/b11-9+,16-14+,17-15+,22-20+,25-24+,26-21+,31-29+/t46-/m1/s1. The highest BCUT2D eigenvalue weighted by Gasteiger charge is 2.27. The predicted molar refractivity (Wildman–Crippen MR) is 242 cm³/mol. The molecule has 0 heterocycles. The Morgan fingerprint density at radius 3 is 1.48 bits per heavy atom. The lowest BCUT2D eigenvalue weighted by Crippen LogP contribution is -2.37. The van der Waals surface area contributed by atoms with E-state index in [1.54, 1.807) is 0 Å². The van der Waals surface area contributed by atoms with Crippen LogP contribution in [0.1, 0.15) is 155 Å². The Balaban J connectivity index is 4.47. The number of hydrogen-bond acceptors (Lipinski definition) is 7. The van der Waals surface area contributed by atoms with Crippen LogP contribution >= 0.6 is 7.82 Å². The van der Waals surface area contributed by atoms with Crippen LogP contribution in [0.5, 0.6) is 0 Å². The predicted octanol–water partition coefficient (Wildman–Crippen LogP) is 12.8.